The number of furan rings is 1. The second kappa shape index (κ2) is 5.04. The van der Waals surface area contributed by atoms with E-state index in [2.05, 4.69) is 15.5 Å². The van der Waals surface area contributed by atoms with Crippen LogP contribution in [0.15, 0.2) is 16.7 Å². The van der Waals surface area contributed by atoms with Crippen LogP contribution in [0.5, 0.6) is 0 Å². The lowest BCUT2D eigenvalue weighted by atomic mass is 9.97. The van der Waals surface area contributed by atoms with Gasteiger partial charge in [-0.2, -0.15) is 5.10 Å². The van der Waals surface area contributed by atoms with Gasteiger partial charge in [0, 0.05) is 25.1 Å². The van der Waals surface area contributed by atoms with E-state index in [0.717, 1.165) is 49.3 Å². The summed E-state index contributed by atoms with van der Waals surface area (Å²) < 4.78 is 11.2. The van der Waals surface area contributed by atoms with E-state index in [0.29, 0.717) is 12.3 Å². The van der Waals surface area contributed by atoms with Crippen molar-refractivity contribution in [3.05, 3.63) is 29.3 Å². The zero-order chi connectivity index (χ0) is 14.2. The van der Waals surface area contributed by atoms with Crippen LogP contribution in [0.4, 0.5) is 0 Å². The first-order chi connectivity index (χ1) is 10.3. The fourth-order valence-corrected chi connectivity index (χ4v) is 3.02. The number of fused-ring (bicyclic) bond motifs is 3. The van der Waals surface area contributed by atoms with Crippen LogP contribution in [-0.4, -0.2) is 35.4 Å². The number of aromatic nitrogens is 2. The number of nitrogens with zero attached hydrogens (tertiary/aromatic N) is 1. The second-order valence-corrected chi connectivity index (χ2v) is 5.56. The molecular weight excluding hydrogens is 270 g/mol. The van der Waals surface area contributed by atoms with E-state index in [4.69, 9.17) is 9.15 Å². The zero-order valence-corrected chi connectivity index (χ0v) is 11.6. The summed E-state index contributed by atoms with van der Waals surface area (Å²) in [6.07, 6.45) is 5.75. The molecule has 3 heterocycles. The lowest BCUT2D eigenvalue weighted by molar-refractivity contribution is 0.0834. The fourth-order valence-electron chi connectivity index (χ4n) is 3.02. The molecule has 1 aliphatic heterocycles. The van der Waals surface area contributed by atoms with Crippen LogP contribution < -0.4 is 5.32 Å². The first kappa shape index (κ1) is 12.6. The van der Waals surface area contributed by atoms with Gasteiger partial charge in [0.2, 0.25) is 0 Å². The molecule has 2 N–H and O–H groups in total. The second-order valence-electron chi connectivity index (χ2n) is 5.56. The summed E-state index contributed by atoms with van der Waals surface area (Å²) in [5, 5.41) is 9.93. The molecule has 1 amide bonds. The Morgan fingerprint density at radius 2 is 2.43 bits per heavy atom. The van der Waals surface area contributed by atoms with Crippen LogP contribution in [0.3, 0.4) is 0 Å². The van der Waals surface area contributed by atoms with Crippen molar-refractivity contribution < 1.29 is 13.9 Å². The first-order valence-corrected chi connectivity index (χ1v) is 7.36. The van der Waals surface area contributed by atoms with Crippen molar-refractivity contribution in [2.24, 2.45) is 0 Å². The zero-order valence-electron chi connectivity index (χ0n) is 11.6. The summed E-state index contributed by atoms with van der Waals surface area (Å²) in [6, 6.07) is 1.80. The maximum Gasteiger partial charge on any atom is 0.287 e. The fraction of sp³-hybridized carbons (Fsp3) is 0.467. The molecule has 1 aliphatic carbocycles. The van der Waals surface area contributed by atoms with Crippen molar-refractivity contribution in [2.45, 2.75) is 31.8 Å². The molecule has 4 rings (SSSR count). The molecule has 1 atom stereocenters. The predicted molar refractivity (Wildman–Crippen MR) is 75.0 cm³/mol. The van der Waals surface area contributed by atoms with Crippen molar-refractivity contribution in [2.75, 3.05) is 13.2 Å². The maximum atomic E-state index is 12.2. The predicted octanol–water partition coefficient (Wildman–Crippen LogP) is 1.68. The lowest BCUT2D eigenvalue weighted by Crippen LogP contribution is -2.31. The summed E-state index contributed by atoms with van der Waals surface area (Å²) in [6.45, 7) is 1.33. The van der Waals surface area contributed by atoms with Crippen molar-refractivity contribution in [3.63, 3.8) is 0 Å². The Hall–Kier alpha value is -2.08. The van der Waals surface area contributed by atoms with E-state index in [1.165, 1.54) is 5.56 Å². The molecule has 0 unspecified atom stereocenters. The quantitative estimate of drug-likeness (QED) is 0.900. The summed E-state index contributed by atoms with van der Waals surface area (Å²) in [7, 11) is 0. The molecule has 2 aliphatic rings. The van der Waals surface area contributed by atoms with Gasteiger partial charge in [-0.05, 0) is 30.9 Å². The minimum absolute atomic E-state index is 0.137. The maximum absolute atomic E-state index is 12.2. The van der Waals surface area contributed by atoms with Gasteiger partial charge in [0.15, 0.2) is 5.76 Å². The van der Waals surface area contributed by atoms with Crippen LogP contribution in [-0.2, 0) is 17.6 Å². The number of aromatic amines is 1. The van der Waals surface area contributed by atoms with E-state index in [1.807, 2.05) is 6.20 Å². The highest BCUT2D eigenvalue weighted by atomic mass is 16.5. The van der Waals surface area contributed by atoms with E-state index in [9.17, 15) is 4.79 Å². The number of aryl methyl sites for hydroxylation is 2. The summed E-state index contributed by atoms with van der Waals surface area (Å²) >= 11 is 0. The first-order valence-electron chi connectivity index (χ1n) is 7.36. The molecule has 1 saturated heterocycles. The number of amides is 1. The van der Waals surface area contributed by atoms with Gasteiger partial charge in [0.25, 0.3) is 5.91 Å². The van der Waals surface area contributed by atoms with Crippen LogP contribution >= 0.6 is 0 Å². The Balaban J connectivity index is 1.50. The van der Waals surface area contributed by atoms with Gasteiger partial charge in [0.05, 0.1) is 18.0 Å². The average molecular weight is 287 g/mol. The minimum Gasteiger partial charge on any atom is -0.455 e. The molecule has 0 radical (unpaired) electrons. The average Bonchev–Trinajstić information content (AvgIpc) is 3.21. The van der Waals surface area contributed by atoms with Crippen molar-refractivity contribution in [1.29, 1.82) is 0 Å². The number of rotatable bonds is 3. The van der Waals surface area contributed by atoms with Gasteiger partial charge in [0.1, 0.15) is 5.76 Å². The number of ether oxygens (including phenoxy) is 1. The summed E-state index contributed by atoms with van der Waals surface area (Å²) in [5.74, 6) is 1.04. The number of hydrogen-bond acceptors (Lipinski definition) is 4. The third-order valence-corrected chi connectivity index (χ3v) is 4.16. The molecule has 6 heteroatoms. The Morgan fingerprint density at radius 3 is 3.29 bits per heavy atom. The molecule has 2 aromatic rings. The number of carbonyl (C=O) groups is 1. The highest BCUT2D eigenvalue weighted by Gasteiger charge is 2.25. The Kier molecular flexibility index (Phi) is 3.03. The van der Waals surface area contributed by atoms with Gasteiger partial charge >= 0.3 is 0 Å². The summed E-state index contributed by atoms with van der Waals surface area (Å²) in [4.78, 5) is 12.2. The molecule has 2 aromatic heterocycles. The summed E-state index contributed by atoms with van der Waals surface area (Å²) in [5.41, 5.74) is 3.10. The highest BCUT2D eigenvalue weighted by molar-refractivity contribution is 5.93. The number of carbonyl (C=O) groups excluding carboxylic acids is 1. The van der Waals surface area contributed by atoms with Gasteiger partial charge in [-0.25, -0.2) is 0 Å². The molecule has 110 valence electrons. The van der Waals surface area contributed by atoms with Crippen LogP contribution in [0.2, 0.25) is 0 Å². The number of H-pyrrole nitrogens is 1. The van der Waals surface area contributed by atoms with Gasteiger partial charge in [-0.3, -0.25) is 9.89 Å². The highest BCUT2D eigenvalue weighted by Crippen LogP contribution is 2.34. The molecule has 6 nitrogen and oxygen atoms in total. The van der Waals surface area contributed by atoms with Crippen molar-refractivity contribution in [3.8, 4) is 11.3 Å². The monoisotopic (exact) mass is 287 g/mol. The normalized spacial score (nSPS) is 20.1. The molecule has 0 bridgehead atoms. The Bertz CT molecular complexity index is 668. The SMILES string of the molecule is O=C(NC[C@@H]1CCCO1)c1cc2c(o1)CCc1cn[nH]c1-2. The number of hydrogen-bond donors (Lipinski definition) is 2. The van der Waals surface area contributed by atoms with Gasteiger partial charge < -0.3 is 14.5 Å². The molecule has 0 aromatic carbocycles. The Labute approximate surface area is 121 Å². The van der Waals surface area contributed by atoms with Crippen LogP contribution in [0, 0.1) is 0 Å². The minimum atomic E-state index is -0.180. The van der Waals surface area contributed by atoms with E-state index < -0.39 is 0 Å². The molecule has 0 spiro atoms. The number of nitrogens with one attached hydrogen (secondary N) is 2. The van der Waals surface area contributed by atoms with Gasteiger partial charge in [-0.1, -0.05) is 0 Å². The third-order valence-electron chi connectivity index (χ3n) is 4.16. The van der Waals surface area contributed by atoms with Crippen LogP contribution in [0.1, 0.15) is 34.7 Å². The smallest absolute Gasteiger partial charge is 0.287 e. The molecular formula is C15H17N3O3. The van der Waals surface area contributed by atoms with E-state index in [1.54, 1.807) is 6.07 Å². The third kappa shape index (κ3) is 2.25. The Morgan fingerprint density at radius 1 is 1.48 bits per heavy atom. The van der Waals surface area contributed by atoms with Gasteiger partial charge in [-0.15, -0.1) is 0 Å². The lowest BCUT2D eigenvalue weighted by Gasteiger charge is -2.09. The molecule has 0 saturated carbocycles. The molecule has 21 heavy (non-hydrogen) atoms. The van der Waals surface area contributed by atoms with Crippen molar-refractivity contribution >= 4 is 5.91 Å². The largest absolute Gasteiger partial charge is 0.455 e. The molecule has 1 fully saturated rings. The standard InChI is InChI=1S/C15H17N3O3/c19-15(16-8-10-2-1-5-20-10)13-6-11-12(21-13)4-3-9-7-17-18-14(9)11/h6-7,10H,1-5,8H2,(H,16,19)(H,17,18)/t10-/m0/s1. The van der Waals surface area contributed by atoms with E-state index >= 15 is 0 Å². The van der Waals surface area contributed by atoms with E-state index in [-0.39, 0.29) is 12.0 Å². The van der Waals surface area contributed by atoms with Crippen LogP contribution in [0.25, 0.3) is 11.3 Å². The topological polar surface area (TPSA) is 80.2 Å². The van der Waals surface area contributed by atoms with Crippen molar-refractivity contribution in [1.82, 2.24) is 15.5 Å².